The second-order valence-corrected chi connectivity index (χ2v) is 4.07. The summed E-state index contributed by atoms with van der Waals surface area (Å²) in [7, 11) is 0. The quantitative estimate of drug-likeness (QED) is 0.635. The molecule has 1 rings (SSSR count). The predicted molar refractivity (Wildman–Crippen MR) is 47.9 cm³/mol. The topological polar surface area (TPSA) is 32.3 Å². The van der Waals surface area contributed by atoms with Crippen LogP contribution in [-0.4, -0.2) is 17.4 Å². The third-order valence-electron chi connectivity index (χ3n) is 2.92. The van der Waals surface area contributed by atoms with Crippen LogP contribution in [0, 0.1) is 11.8 Å². The smallest absolute Gasteiger partial charge is 0.118 e. The summed E-state index contributed by atoms with van der Waals surface area (Å²) >= 11 is 0. The summed E-state index contributed by atoms with van der Waals surface area (Å²) < 4.78 is 13.2. The minimum atomic E-state index is -0.879. The van der Waals surface area contributed by atoms with E-state index in [0.29, 0.717) is 18.3 Å². The van der Waals surface area contributed by atoms with Crippen LogP contribution in [0.15, 0.2) is 0 Å². The molecular formula is C9H20FNO. The summed E-state index contributed by atoms with van der Waals surface area (Å²) in [4.78, 5) is 0. The molecule has 0 heterocycles. The molecule has 0 saturated heterocycles. The number of hydrogen-bond donors (Lipinski definition) is 2. The van der Waals surface area contributed by atoms with Crippen molar-refractivity contribution in [3.63, 3.8) is 0 Å². The number of hydrogen-bond acceptors (Lipinski definition) is 2. The Morgan fingerprint density at radius 3 is 2.58 bits per heavy atom. The van der Waals surface area contributed by atoms with Crippen LogP contribution >= 0.6 is 0 Å². The van der Waals surface area contributed by atoms with Crippen LogP contribution in [-0.2, 0) is 0 Å². The van der Waals surface area contributed by atoms with Crippen molar-refractivity contribution in [3.8, 4) is 0 Å². The van der Waals surface area contributed by atoms with E-state index in [2.05, 4.69) is 13.8 Å². The van der Waals surface area contributed by atoms with E-state index in [9.17, 15) is 4.39 Å². The SMILES string of the molecule is CC(C)[C@H]1CC[C@@H](NO)[C@@H](F)C1.[HH]. The molecule has 12 heavy (non-hydrogen) atoms. The summed E-state index contributed by atoms with van der Waals surface area (Å²) in [5.41, 5.74) is 2.04. The van der Waals surface area contributed by atoms with E-state index in [4.69, 9.17) is 5.21 Å². The number of hydroxylamine groups is 1. The van der Waals surface area contributed by atoms with E-state index in [1.165, 1.54) is 0 Å². The Labute approximate surface area is 74.6 Å². The molecule has 3 atom stereocenters. The van der Waals surface area contributed by atoms with Gasteiger partial charge < -0.3 is 5.21 Å². The van der Waals surface area contributed by atoms with Crippen molar-refractivity contribution in [1.82, 2.24) is 5.48 Å². The minimum Gasteiger partial charge on any atom is -0.316 e. The molecule has 0 radical (unpaired) electrons. The van der Waals surface area contributed by atoms with E-state index in [1.807, 2.05) is 5.48 Å². The molecule has 0 aromatic rings. The van der Waals surface area contributed by atoms with Crippen molar-refractivity contribution < 1.29 is 11.0 Å². The van der Waals surface area contributed by atoms with Gasteiger partial charge in [0.05, 0.1) is 6.04 Å². The van der Waals surface area contributed by atoms with Gasteiger partial charge in [0, 0.05) is 1.43 Å². The average Bonchev–Trinajstić information content (AvgIpc) is 2.04. The Bertz CT molecular complexity index is 146. The van der Waals surface area contributed by atoms with Crippen LogP contribution in [0.25, 0.3) is 0 Å². The second-order valence-electron chi connectivity index (χ2n) is 4.07. The number of nitrogens with one attached hydrogen (secondary N) is 1. The first-order valence-corrected chi connectivity index (χ1v) is 4.68. The van der Waals surface area contributed by atoms with E-state index >= 15 is 0 Å². The molecule has 0 bridgehead atoms. The molecule has 2 nitrogen and oxygen atoms in total. The van der Waals surface area contributed by atoms with Gasteiger partial charge >= 0.3 is 0 Å². The van der Waals surface area contributed by atoms with E-state index < -0.39 is 6.17 Å². The highest BCUT2D eigenvalue weighted by atomic mass is 19.1. The van der Waals surface area contributed by atoms with Gasteiger partial charge in [-0.25, -0.2) is 4.39 Å². The molecule has 0 aromatic carbocycles. The van der Waals surface area contributed by atoms with Crippen LogP contribution in [0.2, 0.25) is 0 Å². The molecule has 0 unspecified atom stereocenters. The lowest BCUT2D eigenvalue weighted by Gasteiger charge is -2.32. The van der Waals surface area contributed by atoms with Crippen molar-refractivity contribution >= 4 is 0 Å². The molecule has 1 aliphatic carbocycles. The zero-order valence-corrected chi connectivity index (χ0v) is 7.76. The maximum Gasteiger partial charge on any atom is 0.118 e. The van der Waals surface area contributed by atoms with Gasteiger partial charge in [-0.1, -0.05) is 13.8 Å². The first-order valence-electron chi connectivity index (χ1n) is 4.68. The molecule has 2 N–H and O–H groups in total. The Morgan fingerprint density at radius 2 is 2.17 bits per heavy atom. The first kappa shape index (κ1) is 9.93. The number of halogens is 1. The zero-order valence-electron chi connectivity index (χ0n) is 7.76. The lowest BCUT2D eigenvalue weighted by atomic mass is 9.79. The van der Waals surface area contributed by atoms with Gasteiger partial charge in [-0.05, 0) is 31.1 Å². The van der Waals surface area contributed by atoms with Crippen LogP contribution < -0.4 is 5.48 Å². The third kappa shape index (κ3) is 2.17. The molecule has 1 fully saturated rings. The molecule has 1 aliphatic rings. The molecule has 3 heteroatoms. The second kappa shape index (κ2) is 4.19. The monoisotopic (exact) mass is 177 g/mol. The Morgan fingerprint density at radius 1 is 1.50 bits per heavy atom. The molecule has 0 amide bonds. The van der Waals surface area contributed by atoms with Crippen LogP contribution in [0.3, 0.4) is 0 Å². The molecular weight excluding hydrogens is 157 g/mol. The molecule has 1 saturated carbocycles. The largest absolute Gasteiger partial charge is 0.316 e. The van der Waals surface area contributed by atoms with E-state index in [1.54, 1.807) is 0 Å². The van der Waals surface area contributed by atoms with Crippen molar-refractivity contribution in [2.75, 3.05) is 0 Å². The van der Waals surface area contributed by atoms with Gasteiger partial charge in [0.25, 0.3) is 0 Å². The average molecular weight is 177 g/mol. The lowest BCUT2D eigenvalue weighted by molar-refractivity contribution is 0.0365. The normalized spacial score (nSPS) is 37.2. The van der Waals surface area contributed by atoms with Crippen molar-refractivity contribution in [3.05, 3.63) is 0 Å². The van der Waals surface area contributed by atoms with Gasteiger partial charge in [-0.15, -0.1) is 0 Å². The minimum absolute atomic E-state index is 0. The van der Waals surface area contributed by atoms with Gasteiger partial charge in [0.15, 0.2) is 0 Å². The maximum absolute atomic E-state index is 13.2. The van der Waals surface area contributed by atoms with Gasteiger partial charge in [-0.3, -0.25) is 0 Å². The van der Waals surface area contributed by atoms with Gasteiger partial charge in [0.1, 0.15) is 6.17 Å². The zero-order chi connectivity index (χ0) is 9.14. The van der Waals surface area contributed by atoms with Crippen LogP contribution in [0.1, 0.15) is 34.5 Å². The summed E-state index contributed by atoms with van der Waals surface area (Å²) in [6, 6.07) is -0.333. The van der Waals surface area contributed by atoms with Crippen LogP contribution in [0.5, 0.6) is 0 Å². The van der Waals surface area contributed by atoms with E-state index in [0.717, 1.165) is 12.8 Å². The standard InChI is InChI=1S/C9H18FNO.H2/c1-6(2)7-3-4-9(11-12)8(10)5-7;/h6-9,11-12H,3-5H2,1-2H3;1H/t7-,8-,9+;/m0./s1. The highest BCUT2D eigenvalue weighted by Gasteiger charge is 2.31. The number of rotatable bonds is 2. The summed E-state index contributed by atoms with van der Waals surface area (Å²) in [5, 5.41) is 8.60. The van der Waals surface area contributed by atoms with Crippen LogP contribution in [0.4, 0.5) is 4.39 Å². The van der Waals surface area contributed by atoms with E-state index in [-0.39, 0.29) is 7.47 Å². The van der Waals surface area contributed by atoms with Crippen molar-refractivity contribution in [2.24, 2.45) is 11.8 Å². The Balaban J connectivity index is 0.00000144. The Hall–Kier alpha value is -0.150. The first-order chi connectivity index (χ1) is 5.65. The molecule has 0 aliphatic heterocycles. The third-order valence-corrected chi connectivity index (χ3v) is 2.92. The van der Waals surface area contributed by atoms with Gasteiger partial charge in [0.2, 0.25) is 0 Å². The molecule has 0 spiro atoms. The Kier molecular flexibility index (Phi) is 3.47. The maximum atomic E-state index is 13.2. The highest BCUT2D eigenvalue weighted by Crippen LogP contribution is 2.31. The van der Waals surface area contributed by atoms with Crippen molar-refractivity contribution in [2.45, 2.75) is 45.3 Å². The fraction of sp³-hybridized carbons (Fsp3) is 1.00. The fourth-order valence-electron chi connectivity index (χ4n) is 1.90. The summed E-state index contributed by atoms with van der Waals surface area (Å²) in [5.74, 6) is 1.05. The van der Waals surface area contributed by atoms with Gasteiger partial charge in [-0.2, -0.15) is 5.48 Å². The highest BCUT2D eigenvalue weighted by molar-refractivity contribution is 4.83. The summed E-state index contributed by atoms with van der Waals surface area (Å²) in [6.45, 7) is 4.26. The summed E-state index contributed by atoms with van der Waals surface area (Å²) in [6.07, 6.45) is 1.49. The lowest BCUT2D eigenvalue weighted by Crippen LogP contribution is -2.41. The molecule has 74 valence electrons. The van der Waals surface area contributed by atoms with Crippen molar-refractivity contribution in [1.29, 1.82) is 0 Å². The number of alkyl halides is 1. The molecule has 0 aromatic heterocycles. The fourth-order valence-corrected chi connectivity index (χ4v) is 1.90. The predicted octanol–water partition coefficient (Wildman–Crippen LogP) is 2.37.